The van der Waals surface area contributed by atoms with E-state index in [0.29, 0.717) is 6.54 Å². The number of ether oxygens (including phenoxy) is 1. The molecule has 0 atom stereocenters. The van der Waals surface area contributed by atoms with Crippen LogP contribution in [0, 0.1) is 6.92 Å². The lowest BCUT2D eigenvalue weighted by atomic mass is 10.0. The first kappa shape index (κ1) is 18.1. The lowest BCUT2D eigenvalue weighted by Crippen LogP contribution is -2.48. The maximum absolute atomic E-state index is 12.4. The molecular formula is C19H26N4O3. The van der Waals surface area contributed by atoms with Crippen LogP contribution in [0.1, 0.15) is 24.3 Å². The number of methoxy groups -OCH3 is 1. The van der Waals surface area contributed by atoms with Gasteiger partial charge in [0, 0.05) is 32.2 Å². The molecular weight excluding hydrogens is 332 g/mol. The van der Waals surface area contributed by atoms with E-state index >= 15 is 0 Å². The van der Waals surface area contributed by atoms with Gasteiger partial charge in [-0.05, 0) is 31.9 Å². The molecule has 1 aliphatic heterocycles. The number of benzene rings is 1. The standard InChI is InChI=1S/C19H26N4O3/c1-14-12-16(21-26-14)13-22(2)19(24)20-15-8-10-23(11-9-15)17-6-4-5-7-18(17)25-3/h4-7,12,15H,8-11,13H2,1-3H3,(H,20,24). The zero-order chi connectivity index (χ0) is 18.5. The van der Waals surface area contributed by atoms with Gasteiger partial charge in [-0.1, -0.05) is 17.3 Å². The number of hydrogen-bond donors (Lipinski definition) is 1. The van der Waals surface area contributed by atoms with E-state index in [9.17, 15) is 4.79 Å². The third-order valence-electron chi connectivity index (χ3n) is 4.67. The Balaban J connectivity index is 1.49. The number of anilines is 1. The minimum atomic E-state index is -0.0820. The number of para-hydroxylation sites is 2. The third kappa shape index (κ3) is 4.28. The van der Waals surface area contributed by atoms with Crippen molar-refractivity contribution in [1.29, 1.82) is 0 Å². The van der Waals surface area contributed by atoms with Gasteiger partial charge in [-0.25, -0.2) is 4.79 Å². The van der Waals surface area contributed by atoms with Crippen molar-refractivity contribution in [3.63, 3.8) is 0 Å². The van der Waals surface area contributed by atoms with E-state index in [-0.39, 0.29) is 12.1 Å². The molecule has 2 heterocycles. The summed E-state index contributed by atoms with van der Waals surface area (Å²) in [6.07, 6.45) is 1.81. The molecule has 0 unspecified atom stereocenters. The van der Waals surface area contributed by atoms with Crippen molar-refractivity contribution in [2.75, 3.05) is 32.1 Å². The van der Waals surface area contributed by atoms with Gasteiger partial charge in [0.15, 0.2) is 0 Å². The smallest absolute Gasteiger partial charge is 0.317 e. The normalized spacial score (nSPS) is 15.0. The molecule has 0 saturated carbocycles. The SMILES string of the molecule is COc1ccccc1N1CCC(NC(=O)N(C)Cc2cc(C)on2)CC1. The van der Waals surface area contributed by atoms with Crippen molar-refractivity contribution in [2.45, 2.75) is 32.4 Å². The highest BCUT2D eigenvalue weighted by molar-refractivity contribution is 5.74. The quantitative estimate of drug-likeness (QED) is 0.890. The van der Waals surface area contributed by atoms with E-state index in [2.05, 4.69) is 21.4 Å². The molecule has 0 radical (unpaired) electrons. The van der Waals surface area contributed by atoms with Gasteiger partial charge in [0.1, 0.15) is 17.2 Å². The van der Waals surface area contributed by atoms with Crippen LogP contribution in [0.2, 0.25) is 0 Å². The fourth-order valence-corrected chi connectivity index (χ4v) is 3.25. The van der Waals surface area contributed by atoms with Gasteiger partial charge in [-0.2, -0.15) is 0 Å². The monoisotopic (exact) mass is 358 g/mol. The Hall–Kier alpha value is -2.70. The molecule has 1 saturated heterocycles. The summed E-state index contributed by atoms with van der Waals surface area (Å²) in [7, 11) is 3.46. The molecule has 1 aromatic heterocycles. The predicted molar refractivity (Wildman–Crippen MR) is 99.5 cm³/mol. The molecule has 7 nitrogen and oxygen atoms in total. The number of aromatic nitrogens is 1. The second kappa shape index (κ2) is 8.12. The van der Waals surface area contributed by atoms with Crippen LogP contribution in [0.3, 0.4) is 0 Å². The van der Waals surface area contributed by atoms with Crippen LogP contribution < -0.4 is 15.0 Å². The average Bonchev–Trinajstić information content (AvgIpc) is 3.07. The Bertz CT molecular complexity index is 738. The molecule has 0 spiro atoms. The largest absolute Gasteiger partial charge is 0.495 e. The van der Waals surface area contributed by atoms with Crippen molar-refractivity contribution >= 4 is 11.7 Å². The van der Waals surface area contributed by atoms with Gasteiger partial charge in [0.05, 0.1) is 19.3 Å². The number of piperidine rings is 1. The Morgan fingerprint density at radius 3 is 2.77 bits per heavy atom. The lowest BCUT2D eigenvalue weighted by Gasteiger charge is -2.35. The fourth-order valence-electron chi connectivity index (χ4n) is 3.25. The number of urea groups is 1. The number of nitrogens with zero attached hydrogens (tertiary/aromatic N) is 3. The van der Waals surface area contributed by atoms with Crippen molar-refractivity contribution in [3.05, 3.63) is 41.8 Å². The second-order valence-corrected chi connectivity index (χ2v) is 6.67. The predicted octanol–water partition coefficient (Wildman–Crippen LogP) is 2.80. The summed E-state index contributed by atoms with van der Waals surface area (Å²) in [5, 5.41) is 7.05. The molecule has 1 N–H and O–H groups in total. The summed E-state index contributed by atoms with van der Waals surface area (Å²) in [5.41, 5.74) is 1.87. The number of aryl methyl sites for hydroxylation is 1. The van der Waals surface area contributed by atoms with Gasteiger partial charge in [-0.3, -0.25) is 0 Å². The summed E-state index contributed by atoms with van der Waals surface area (Å²) in [6.45, 7) is 4.05. The van der Waals surface area contributed by atoms with E-state index in [1.807, 2.05) is 31.2 Å². The molecule has 1 aromatic carbocycles. The minimum Gasteiger partial charge on any atom is -0.495 e. The third-order valence-corrected chi connectivity index (χ3v) is 4.67. The number of carbonyl (C=O) groups is 1. The molecule has 26 heavy (non-hydrogen) atoms. The van der Waals surface area contributed by atoms with Gasteiger partial charge in [0.2, 0.25) is 0 Å². The van der Waals surface area contributed by atoms with E-state index < -0.39 is 0 Å². The molecule has 140 valence electrons. The summed E-state index contributed by atoms with van der Waals surface area (Å²) >= 11 is 0. The maximum Gasteiger partial charge on any atom is 0.317 e. The first-order valence-electron chi connectivity index (χ1n) is 8.88. The molecule has 2 aromatic rings. The molecule has 0 bridgehead atoms. The first-order valence-corrected chi connectivity index (χ1v) is 8.88. The van der Waals surface area contributed by atoms with Gasteiger partial charge >= 0.3 is 6.03 Å². The summed E-state index contributed by atoms with van der Waals surface area (Å²) in [5.74, 6) is 1.63. The molecule has 1 fully saturated rings. The van der Waals surface area contributed by atoms with Crippen LogP contribution in [0.15, 0.2) is 34.9 Å². The average molecular weight is 358 g/mol. The van der Waals surface area contributed by atoms with Crippen LogP contribution >= 0.6 is 0 Å². The molecule has 1 aliphatic rings. The molecule has 0 aliphatic carbocycles. The Morgan fingerprint density at radius 1 is 1.38 bits per heavy atom. The zero-order valence-corrected chi connectivity index (χ0v) is 15.6. The summed E-state index contributed by atoms with van der Waals surface area (Å²) in [4.78, 5) is 16.3. The van der Waals surface area contributed by atoms with Crippen molar-refractivity contribution in [1.82, 2.24) is 15.4 Å². The minimum absolute atomic E-state index is 0.0820. The topological polar surface area (TPSA) is 70.8 Å². The number of amides is 2. The van der Waals surface area contributed by atoms with Crippen LogP contribution in [-0.4, -0.2) is 49.4 Å². The van der Waals surface area contributed by atoms with E-state index in [0.717, 1.165) is 48.8 Å². The van der Waals surface area contributed by atoms with Crippen LogP contribution in [0.5, 0.6) is 5.75 Å². The highest BCUT2D eigenvalue weighted by atomic mass is 16.5. The highest BCUT2D eigenvalue weighted by Crippen LogP contribution is 2.29. The van der Waals surface area contributed by atoms with Crippen molar-refractivity contribution in [3.8, 4) is 5.75 Å². The second-order valence-electron chi connectivity index (χ2n) is 6.67. The zero-order valence-electron chi connectivity index (χ0n) is 15.6. The van der Waals surface area contributed by atoms with Gasteiger partial charge < -0.3 is 24.4 Å². The Labute approximate surface area is 153 Å². The Kier molecular flexibility index (Phi) is 5.65. The number of carbonyl (C=O) groups excluding carboxylic acids is 1. The van der Waals surface area contributed by atoms with Crippen molar-refractivity contribution in [2.24, 2.45) is 0 Å². The van der Waals surface area contributed by atoms with Crippen LogP contribution in [-0.2, 0) is 6.54 Å². The lowest BCUT2D eigenvalue weighted by molar-refractivity contribution is 0.199. The van der Waals surface area contributed by atoms with E-state index in [1.54, 1.807) is 19.1 Å². The molecule has 2 amide bonds. The number of rotatable bonds is 5. The van der Waals surface area contributed by atoms with Crippen LogP contribution in [0.25, 0.3) is 0 Å². The van der Waals surface area contributed by atoms with Crippen molar-refractivity contribution < 1.29 is 14.1 Å². The maximum atomic E-state index is 12.4. The summed E-state index contributed by atoms with van der Waals surface area (Å²) in [6, 6.07) is 9.98. The highest BCUT2D eigenvalue weighted by Gasteiger charge is 2.23. The molecule has 3 rings (SSSR count). The van der Waals surface area contributed by atoms with Crippen LogP contribution in [0.4, 0.5) is 10.5 Å². The molecule has 7 heteroatoms. The van der Waals surface area contributed by atoms with Gasteiger partial charge in [-0.15, -0.1) is 0 Å². The fraction of sp³-hybridized carbons (Fsp3) is 0.474. The van der Waals surface area contributed by atoms with Gasteiger partial charge in [0.25, 0.3) is 0 Å². The van der Waals surface area contributed by atoms with E-state index in [4.69, 9.17) is 9.26 Å². The number of nitrogens with one attached hydrogen (secondary N) is 1. The Morgan fingerprint density at radius 2 is 2.12 bits per heavy atom. The first-order chi connectivity index (χ1) is 12.6. The van der Waals surface area contributed by atoms with E-state index in [1.165, 1.54) is 0 Å². The summed E-state index contributed by atoms with van der Waals surface area (Å²) < 4.78 is 10.5. The number of hydrogen-bond acceptors (Lipinski definition) is 5.